The molecule has 200 valence electrons. The van der Waals surface area contributed by atoms with Crippen LogP contribution in [0.5, 0.6) is 11.5 Å². The van der Waals surface area contributed by atoms with Crippen molar-refractivity contribution < 1.29 is 33.2 Å². The summed E-state index contributed by atoms with van der Waals surface area (Å²) >= 11 is 3.52. The Balaban J connectivity index is 2.09. The van der Waals surface area contributed by atoms with Gasteiger partial charge >= 0.3 is 5.97 Å². The largest absolute Gasteiger partial charge is 0.492 e. The number of esters is 1. The summed E-state index contributed by atoms with van der Waals surface area (Å²) in [5.74, 6) is -0.404. The lowest BCUT2D eigenvalue weighted by atomic mass is 10.0. The van der Waals surface area contributed by atoms with Gasteiger partial charge in [0, 0.05) is 14.2 Å². The summed E-state index contributed by atoms with van der Waals surface area (Å²) in [6.45, 7) is 0.734. The maximum atomic E-state index is 14.0. The number of methoxy groups -OCH3 is 3. The lowest BCUT2D eigenvalue weighted by Gasteiger charge is -2.30. The van der Waals surface area contributed by atoms with Gasteiger partial charge < -0.3 is 28.4 Å². The van der Waals surface area contributed by atoms with Gasteiger partial charge in [0.15, 0.2) is 17.6 Å². The van der Waals surface area contributed by atoms with Gasteiger partial charge in [0.1, 0.15) is 12.7 Å². The van der Waals surface area contributed by atoms with Crippen molar-refractivity contribution in [3.63, 3.8) is 0 Å². The number of nitrogens with zero attached hydrogens (tertiary/aromatic N) is 1. The number of hydrogen-bond donors (Lipinski definition) is 0. The van der Waals surface area contributed by atoms with Crippen LogP contribution in [0.25, 0.3) is 0 Å². The highest BCUT2D eigenvalue weighted by Crippen LogP contribution is 2.46. The molecular weight excluding hydrogens is 554 g/mol. The normalized spacial score (nSPS) is 12.4. The molecule has 38 heavy (non-hydrogen) atoms. The zero-order valence-electron chi connectivity index (χ0n) is 21.5. The fraction of sp³-hybridized carbons (Fsp3) is 0.310. The zero-order chi connectivity index (χ0) is 27.4. The van der Waals surface area contributed by atoms with Crippen LogP contribution in [-0.4, -0.2) is 53.7 Å². The van der Waals surface area contributed by atoms with Gasteiger partial charge in [0.25, 0.3) is 0 Å². The number of carbonyl (C=O) groups excluding carboxylic acids is 1. The van der Waals surface area contributed by atoms with E-state index in [4.69, 9.17) is 28.4 Å². The van der Waals surface area contributed by atoms with Gasteiger partial charge in [-0.25, -0.2) is 4.79 Å². The predicted molar refractivity (Wildman–Crippen MR) is 144 cm³/mol. The quantitative estimate of drug-likeness (QED) is 0.146. The van der Waals surface area contributed by atoms with Gasteiger partial charge in [0.2, 0.25) is 4.51 Å². The van der Waals surface area contributed by atoms with Crippen LogP contribution >= 0.6 is 15.9 Å². The molecule has 0 amide bonds. The molecule has 9 heteroatoms. The Kier molecular flexibility index (Phi) is 11.1. The Bertz CT molecular complexity index is 1180. The van der Waals surface area contributed by atoms with Crippen LogP contribution in [0.1, 0.15) is 28.4 Å². The second-order valence-corrected chi connectivity index (χ2v) is 9.14. The molecule has 0 aromatic heterocycles. The zero-order valence-corrected chi connectivity index (χ0v) is 23.1. The Morgan fingerprint density at radius 2 is 1.42 bits per heavy atom. The van der Waals surface area contributed by atoms with Crippen molar-refractivity contribution >= 4 is 21.9 Å². The van der Waals surface area contributed by atoms with E-state index in [-0.39, 0.29) is 42.4 Å². The summed E-state index contributed by atoms with van der Waals surface area (Å²) < 4.78 is 32.1. The van der Waals surface area contributed by atoms with Crippen molar-refractivity contribution in [3.05, 3.63) is 95.1 Å². The Morgan fingerprint density at radius 1 is 0.842 bits per heavy atom. The van der Waals surface area contributed by atoms with Gasteiger partial charge in [-0.15, -0.1) is 0 Å². The number of alkyl halides is 1. The van der Waals surface area contributed by atoms with Crippen molar-refractivity contribution in [2.75, 3.05) is 47.8 Å². The fourth-order valence-electron chi connectivity index (χ4n) is 3.76. The SMILES string of the molecule is COCCOc1c(C#N)ccc(C(Br)(OCCOC)C(=O)OC(c2ccccc2)c2ccccc2)c1OC. The standard InChI is InChI=1S/C29H30BrNO7/c1-33-16-18-36-26-23(20-31)14-15-24(27(26)35-3)29(30,37-19-17-34-2)28(32)38-25(21-10-6-4-7-11-21)22-12-8-5-9-13-22/h4-15,25H,16-19H2,1-3H3. The van der Waals surface area contributed by atoms with Crippen LogP contribution in [-0.2, 0) is 28.3 Å². The van der Waals surface area contributed by atoms with Gasteiger partial charge in [0.05, 0.1) is 38.1 Å². The van der Waals surface area contributed by atoms with E-state index in [9.17, 15) is 10.1 Å². The molecule has 1 unspecified atom stereocenters. The number of ether oxygens (including phenoxy) is 6. The predicted octanol–water partition coefficient (Wildman–Crippen LogP) is 5.14. The van der Waals surface area contributed by atoms with E-state index >= 15 is 0 Å². The summed E-state index contributed by atoms with van der Waals surface area (Å²) in [6.07, 6.45) is -0.713. The summed E-state index contributed by atoms with van der Waals surface area (Å²) in [4.78, 5) is 14.0. The van der Waals surface area contributed by atoms with Gasteiger partial charge in [-0.05, 0) is 39.2 Å². The van der Waals surface area contributed by atoms with E-state index in [0.717, 1.165) is 11.1 Å². The topological polar surface area (TPSA) is 96.2 Å². The van der Waals surface area contributed by atoms with Crippen molar-refractivity contribution in [1.82, 2.24) is 0 Å². The lowest BCUT2D eigenvalue weighted by Crippen LogP contribution is -2.37. The third kappa shape index (κ3) is 6.91. The molecule has 0 N–H and O–H groups in total. The molecule has 0 radical (unpaired) electrons. The Labute approximate surface area is 231 Å². The van der Waals surface area contributed by atoms with Crippen LogP contribution < -0.4 is 9.47 Å². The maximum Gasteiger partial charge on any atom is 0.355 e. The third-order valence-corrected chi connectivity index (χ3v) is 6.58. The molecule has 3 aromatic carbocycles. The number of nitriles is 1. The molecule has 3 aromatic rings. The number of carbonyl (C=O) groups is 1. The molecular formula is C29H30BrNO7. The molecule has 0 bridgehead atoms. The van der Waals surface area contributed by atoms with Crippen LogP contribution in [0.4, 0.5) is 0 Å². The molecule has 8 nitrogen and oxygen atoms in total. The van der Waals surface area contributed by atoms with E-state index in [2.05, 4.69) is 22.0 Å². The van der Waals surface area contributed by atoms with E-state index in [1.54, 1.807) is 13.2 Å². The van der Waals surface area contributed by atoms with Crippen molar-refractivity contribution in [2.45, 2.75) is 10.6 Å². The van der Waals surface area contributed by atoms with Gasteiger partial charge in [-0.2, -0.15) is 5.26 Å². The second kappa shape index (κ2) is 14.5. The monoisotopic (exact) mass is 583 g/mol. The van der Waals surface area contributed by atoms with E-state index in [1.165, 1.54) is 20.3 Å². The number of halogens is 1. The Hall–Kier alpha value is -3.42. The molecule has 0 spiro atoms. The first-order valence-corrected chi connectivity index (χ1v) is 12.7. The van der Waals surface area contributed by atoms with Crippen LogP contribution in [0.15, 0.2) is 72.8 Å². The second-order valence-electron chi connectivity index (χ2n) is 8.02. The van der Waals surface area contributed by atoms with E-state index < -0.39 is 16.6 Å². The van der Waals surface area contributed by atoms with Crippen molar-refractivity contribution in [3.8, 4) is 17.6 Å². The first kappa shape index (κ1) is 29.1. The van der Waals surface area contributed by atoms with Crippen molar-refractivity contribution in [1.29, 1.82) is 5.26 Å². The summed E-state index contributed by atoms with van der Waals surface area (Å²) in [5.41, 5.74) is 2.07. The summed E-state index contributed by atoms with van der Waals surface area (Å²) in [7, 11) is 4.50. The molecule has 1 atom stereocenters. The molecule has 0 aliphatic heterocycles. The van der Waals surface area contributed by atoms with Crippen molar-refractivity contribution in [2.24, 2.45) is 0 Å². The highest BCUT2D eigenvalue weighted by Gasteiger charge is 2.45. The first-order chi connectivity index (χ1) is 18.5. The van der Waals surface area contributed by atoms with E-state index in [0.29, 0.717) is 6.61 Å². The number of hydrogen-bond acceptors (Lipinski definition) is 8. The average molecular weight is 584 g/mol. The maximum absolute atomic E-state index is 14.0. The lowest BCUT2D eigenvalue weighted by molar-refractivity contribution is -0.166. The molecule has 0 fully saturated rings. The molecule has 0 aliphatic carbocycles. The average Bonchev–Trinajstić information content (AvgIpc) is 2.96. The minimum Gasteiger partial charge on any atom is -0.492 e. The van der Waals surface area contributed by atoms with Crippen LogP contribution in [0.2, 0.25) is 0 Å². The summed E-state index contributed by atoms with van der Waals surface area (Å²) in [6, 6.07) is 24.0. The summed E-state index contributed by atoms with van der Waals surface area (Å²) in [5, 5.41) is 9.67. The molecule has 0 saturated carbocycles. The van der Waals surface area contributed by atoms with E-state index in [1.807, 2.05) is 60.7 Å². The molecule has 3 rings (SSSR count). The minimum absolute atomic E-state index is 0.0568. The molecule has 0 saturated heterocycles. The number of rotatable bonds is 14. The fourth-order valence-corrected chi connectivity index (χ4v) is 4.32. The highest BCUT2D eigenvalue weighted by molar-refractivity contribution is 9.10. The molecule has 0 aliphatic rings. The van der Waals surface area contributed by atoms with Crippen LogP contribution in [0, 0.1) is 11.3 Å². The molecule has 0 heterocycles. The first-order valence-electron chi connectivity index (χ1n) is 11.9. The minimum atomic E-state index is -1.81. The Morgan fingerprint density at radius 3 is 1.95 bits per heavy atom. The van der Waals surface area contributed by atoms with Crippen LogP contribution in [0.3, 0.4) is 0 Å². The highest BCUT2D eigenvalue weighted by atomic mass is 79.9. The third-order valence-electron chi connectivity index (χ3n) is 5.60. The van der Waals surface area contributed by atoms with Gasteiger partial charge in [-0.3, -0.25) is 0 Å². The van der Waals surface area contributed by atoms with Gasteiger partial charge in [-0.1, -0.05) is 60.7 Å². The smallest absolute Gasteiger partial charge is 0.355 e. The number of benzene rings is 3.